The number of aliphatic hydroxyl groups is 2. The third kappa shape index (κ3) is 3.60. The Kier molecular flexibility index (Phi) is 5.32. The molecule has 0 aliphatic rings. The molecule has 0 aliphatic heterocycles. The Bertz CT molecular complexity index is 609. The normalized spacial score (nSPS) is 10.6. The van der Waals surface area contributed by atoms with Gasteiger partial charge in [0.05, 0.1) is 23.9 Å². The number of carbonyl (C=O) groups is 1. The number of halogens is 1. The Morgan fingerprint density at radius 3 is 2.52 bits per heavy atom. The number of aromatic amines is 1. The summed E-state index contributed by atoms with van der Waals surface area (Å²) in [6.07, 6.45) is 0. The standard InChI is InChI=1S/C14H16ClN3O3/c15-11-4-2-1-3-10(11)12-9-13(17-16-12)14(21)18(5-7-19)6-8-20/h1-4,9,19-20H,5-8H2,(H,16,17). The van der Waals surface area contributed by atoms with Crippen molar-refractivity contribution in [3.8, 4) is 11.3 Å². The molecule has 1 heterocycles. The minimum atomic E-state index is -0.330. The maximum Gasteiger partial charge on any atom is 0.272 e. The van der Waals surface area contributed by atoms with E-state index in [1.807, 2.05) is 18.2 Å². The summed E-state index contributed by atoms with van der Waals surface area (Å²) in [6, 6.07) is 8.81. The molecule has 6 nitrogen and oxygen atoms in total. The fourth-order valence-electron chi connectivity index (χ4n) is 1.96. The third-order valence-corrected chi connectivity index (χ3v) is 3.31. The van der Waals surface area contributed by atoms with Crippen LogP contribution in [0.15, 0.2) is 30.3 Å². The van der Waals surface area contributed by atoms with Crippen molar-refractivity contribution in [1.82, 2.24) is 15.1 Å². The summed E-state index contributed by atoms with van der Waals surface area (Å²) < 4.78 is 0. The zero-order valence-electron chi connectivity index (χ0n) is 11.3. The largest absolute Gasteiger partial charge is 0.395 e. The Morgan fingerprint density at radius 1 is 1.24 bits per heavy atom. The molecule has 2 aromatic rings. The van der Waals surface area contributed by atoms with Crippen LogP contribution in [0.1, 0.15) is 10.5 Å². The molecule has 1 aromatic heterocycles. The van der Waals surface area contributed by atoms with Crippen LogP contribution in [0.2, 0.25) is 5.02 Å². The number of nitrogens with one attached hydrogen (secondary N) is 1. The molecule has 1 aromatic carbocycles. The molecule has 7 heteroatoms. The van der Waals surface area contributed by atoms with Gasteiger partial charge in [-0.1, -0.05) is 29.8 Å². The van der Waals surface area contributed by atoms with Crippen LogP contribution in [0.3, 0.4) is 0 Å². The molecule has 21 heavy (non-hydrogen) atoms. The van der Waals surface area contributed by atoms with Crippen LogP contribution in [-0.2, 0) is 0 Å². The quantitative estimate of drug-likeness (QED) is 0.747. The van der Waals surface area contributed by atoms with Crippen molar-refractivity contribution >= 4 is 17.5 Å². The highest BCUT2D eigenvalue weighted by molar-refractivity contribution is 6.33. The molecule has 0 spiro atoms. The van der Waals surface area contributed by atoms with Gasteiger partial charge in [-0.05, 0) is 12.1 Å². The molecule has 0 unspecified atom stereocenters. The van der Waals surface area contributed by atoms with E-state index in [0.29, 0.717) is 10.7 Å². The molecule has 2 rings (SSSR count). The molecule has 0 bridgehead atoms. The van der Waals surface area contributed by atoms with Crippen molar-refractivity contribution in [2.24, 2.45) is 0 Å². The SMILES string of the molecule is O=C(c1cc(-c2ccccc2Cl)n[nH]1)N(CCO)CCO. The number of aliphatic hydroxyl groups excluding tert-OH is 2. The summed E-state index contributed by atoms with van der Waals surface area (Å²) in [5.41, 5.74) is 1.58. The van der Waals surface area contributed by atoms with E-state index in [-0.39, 0.29) is 37.9 Å². The fourth-order valence-corrected chi connectivity index (χ4v) is 2.20. The molecule has 0 saturated heterocycles. The Balaban J connectivity index is 2.23. The second-order valence-electron chi connectivity index (χ2n) is 4.39. The van der Waals surface area contributed by atoms with Crippen LogP contribution < -0.4 is 0 Å². The zero-order valence-corrected chi connectivity index (χ0v) is 12.0. The number of H-pyrrole nitrogens is 1. The van der Waals surface area contributed by atoms with Crippen molar-refractivity contribution in [3.05, 3.63) is 41.0 Å². The molecular weight excluding hydrogens is 294 g/mol. The van der Waals surface area contributed by atoms with E-state index < -0.39 is 0 Å². The van der Waals surface area contributed by atoms with Crippen LogP contribution in [0.4, 0.5) is 0 Å². The molecule has 0 fully saturated rings. The monoisotopic (exact) mass is 309 g/mol. The average Bonchev–Trinajstić information content (AvgIpc) is 2.96. The van der Waals surface area contributed by atoms with E-state index in [0.717, 1.165) is 5.56 Å². The number of rotatable bonds is 6. The van der Waals surface area contributed by atoms with E-state index in [2.05, 4.69) is 10.2 Å². The van der Waals surface area contributed by atoms with Crippen molar-refractivity contribution in [2.75, 3.05) is 26.3 Å². The topological polar surface area (TPSA) is 89.5 Å². The van der Waals surface area contributed by atoms with Crippen LogP contribution in [0, 0.1) is 0 Å². The second-order valence-corrected chi connectivity index (χ2v) is 4.79. The number of benzene rings is 1. The summed E-state index contributed by atoms with van der Waals surface area (Å²) in [6.45, 7) is -0.0336. The van der Waals surface area contributed by atoms with Gasteiger partial charge in [-0.2, -0.15) is 5.10 Å². The Labute approximate surface area is 127 Å². The summed E-state index contributed by atoms with van der Waals surface area (Å²) in [4.78, 5) is 13.6. The molecule has 3 N–H and O–H groups in total. The van der Waals surface area contributed by atoms with Crippen LogP contribution >= 0.6 is 11.6 Å². The van der Waals surface area contributed by atoms with E-state index in [1.54, 1.807) is 12.1 Å². The van der Waals surface area contributed by atoms with Gasteiger partial charge in [0, 0.05) is 18.7 Å². The summed E-state index contributed by atoms with van der Waals surface area (Å²) in [7, 11) is 0. The first-order chi connectivity index (χ1) is 10.2. The van der Waals surface area contributed by atoms with E-state index in [1.165, 1.54) is 4.90 Å². The van der Waals surface area contributed by atoms with Gasteiger partial charge < -0.3 is 15.1 Å². The maximum atomic E-state index is 12.3. The minimum Gasteiger partial charge on any atom is -0.395 e. The Hall–Kier alpha value is -1.89. The van der Waals surface area contributed by atoms with E-state index in [4.69, 9.17) is 21.8 Å². The van der Waals surface area contributed by atoms with Crippen molar-refractivity contribution in [2.45, 2.75) is 0 Å². The molecule has 1 amide bonds. The second kappa shape index (κ2) is 7.21. The Morgan fingerprint density at radius 2 is 1.90 bits per heavy atom. The van der Waals surface area contributed by atoms with Gasteiger partial charge in [0.25, 0.3) is 5.91 Å². The lowest BCUT2D eigenvalue weighted by molar-refractivity contribution is 0.0679. The predicted octanol–water partition coefficient (Wildman–Crippen LogP) is 1.16. The summed E-state index contributed by atoms with van der Waals surface area (Å²) >= 11 is 6.09. The third-order valence-electron chi connectivity index (χ3n) is 2.99. The first-order valence-electron chi connectivity index (χ1n) is 6.48. The molecule has 0 atom stereocenters. The molecule has 112 valence electrons. The lowest BCUT2D eigenvalue weighted by Gasteiger charge is -2.19. The summed E-state index contributed by atoms with van der Waals surface area (Å²) in [5.74, 6) is -0.330. The van der Waals surface area contributed by atoms with Gasteiger partial charge in [-0.15, -0.1) is 0 Å². The smallest absolute Gasteiger partial charge is 0.272 e. The van der Waals surface area contributed by atoms with Crippen molar-refractivity contribution in [3.63, 3.8) is 0 Å². The lowest BCUT2D eigenvalue weighted by atomic mass is 10.1. The number of hydrogen-bond acceptors (Lipinski definition) is 4. The number of hydrogen-bond donors (Lipinski definition) is 3. The number of aromatic nitrogens is 2. The van der Waals surface area contributed by atoms with Crippen molar-refractivity contribution in [1.29, 1.82) is 0 Å². The molecule has 0 aliphatic carbocycles. The van der Waals surface area contributed by atoms with Gasteiger partial charge in [0.1, 0.15) is 5.69 Å². The number of amides is 1. The minimum absolute atomic E-state index is 0.153. The van der Waals surface area contributed by atoms with Gasteiger partial charge in [-0.3, -0.25) is 9.89 Å². The highest BCUT2D eigenvalue weighted by atomic mass is 35.5. The summed E-state index contributed by atoms with van der Waals surface area (Å²) in [5, 5.41) is 25.2. The average molecular weight is 310 g/mol. The lowest BCUT2D eigenvalue weighted by Crippen LogP contribution is -2.36. The van der Waals surface area contributed by atoms with E-state index >= 15 is 0 Å². The molecule has 0 saturated carbocycles. The van der Waals surface area contributed by atoms with Crippen LogP contribution in [0.25, 0.3) is 11.3 Å². The zero-order chi connectivity index (χ0) is 15.2. The highest BCUT2D eigenvalue weighted by Gasteiger charge is 2.18. The van der Waals surface area contributed by atoms with Gasteiger partial charge in [0.2, 0.25) is 0 Å². The van der Waals surface area contributed by atoms with Gasteiger partial charge in [0.15, 0.2) is 0 Å². The number of carbonyl (C=O) groups excluding carboxylic acids is 1. The first-order valence-corrected chi connectivity index (χ1v) is 6.86. The fraction of sp³-hybridized carbons (Fsp3) is 0.286. The highest BCUT2D eigenvalue weighted by Crippen LogP contribution is 2.26. The first kappa shape index (κ1) is 15.5. The molecular formula is C14H16ClN3O3. The van der Waals surface area contributed by atoms with Crippen molar-refractivity contribution < 1.29 is 15.0 Å². The molecule has 0 radical (unpaired) electrons. The number of nitrogens with zero attached hydrogens (tertiary/aromatic N) is 2. The van der Waals surface area contributed by atoms with Gasteiger partial charge >= 0.3 is 0 Å². The maximum absolute atomic E-state index is 12.3. The van der Waals surface area contributed by atoms with E-state index in [9.17, 15) is 4.79 Å². The van der Waals surface area contributed by atoms with Crippen LogP contribution in [-0.4, -0.2) is 57.5 Å². The predicted molar refractivity (Wildman–Crippen MR) is 79.1 cm³/mol. The van der Waals surface area contributed by atoms with Gasteiger partial charge in [-0.25, -0.2) is 0 Å². The van der Waals surface area contributed by atoms with Crippen LogP contribution in [0.5, 0.6) is 0 Å².